The monoisotopic (exact) mass is 262 g/mol. The molecule has 1 aromatic rings. The molecule has 0 amide bonds. The predicted octanol–water partition coefficient (Wildman–Crippen LogP) is 2.07. The Labute approximate surface area is 114 Å². The standard InChI is InChI=1S/C15H22N2O2/c1-11(17-9-12-3-2-6-16-8-12)13-4-5-14-15(7-13)19-10-18-14/h4-5,7,11-12,16-17H,2-3,6,8-10H2,1H3. The minimum Gasteiger partial charge on any atom is -0.454 e. The van der Waals surface area contributed by atoms with E-state index in [1.807, 2.05) is 6.07 Å². The molecule has 0 bridgehead atoms. The van der Waals surface area contributed by atoms with Crippen LogP contribution in [-0.2, 0) is 0 Å². The number of rotatable bonds is 4. The van der Waals surface area contributed by atoms with E-state index in [4.69, 9.17) is 9.47 Å². The summed E-state index contributed by atoms with van der Waals surface area (Å²) in [6.45, 7) is 5.93. The molecule has 4 heteroatoms. The second-order valence-electron chi connectivity index (χ2n) is 5.46. The normalized spacial score (nSPS) is 23.3. The molecule has 2 aliphatic heterocycles. The van der Waals surface area contributed by atoms with E-state index in [-0.39, 0.29) is 0 Å². The first-order chi connectivity index (χ1) is 9.33. The van der Waals surface area contributed by atoms with Gasteiger partial charge in [0.05, 0.1) is 0 Å². The van der Waals surface area contributed by atoms with Gasteiger partial charge >= 0.3 is 0 Å². The molecule has 0 aliphatic carbocycles. The van der Waals surface area contributed by atoms with Crippen LogP contribution in [0.5, 0.6) is 11.5 Å². The highest BCUT2D eigenvalue weighted by atomic mass is 16.7. The Kier molecular flexibility index (Phi) is 3.89. The maximum atomic E-state index is 5.42. The second-order valence-corrected chi connectivity index (χ2v) is 5.46. The fraction of sp³-hybridized carbons (Fsp3) is 0.600. The summed E-state index contributed by atoms with van der Waals surface area (Å²) in [7, 11) is 0. The molecule has 3 rings (SSSR count). The molecule has 0 saturated carbocycles. The zero-order chi connectivity index (χ0) is 13.1. The third kappa shape index (κ3) is 3.01. The van der Waals surface area contributed by atoms with Gasteiger partial charge in [-0.15, -0.1) is 0 Å². The number of benzene rings is 1. The second kappa shape index (κ2) is 5.80. The predicted molar refractivity (Wildman–Crippen MR) is 74.6 cm³/mol. The molecule has 0 aromatic heterocycles. The minimum atomic E-state index is 0.342. The highest BCUT2D eigenvalue weighted by Gasteiger charge is 2.17. The van der Waals surface area contributed by atoms with Crippen molar-refractivity contribution in [2.75, 3.05) is 26.4 Å². The molecule has 104 valence electrons. The molecule has 0 spiro atoms. The molecule has 2 unspecified atom stereocenters. The molecule has 1 aromatic carbocycles. The number of piperidine rings is 1. The van der Waals surface area contributed by atoms with Crippen LogP contribution < -0.4 is 20.1 Å². The van der Waals surface area contributed by atoms with E-state index in [0.29, 0.717) is 12.8 Å². The highest BCUT2D eigenvalue weighted by Crippen LogP contribution is 2.34. The molecule has 1 fully saturated rings. The first-order valence-electron chi connectivity index (χ1n) is 7.16. The average molecular weight is 262 g/mol. The van der Waals surface area contributed by atoms with Gasteiger partial charge in [0, 0.05) is 6.04 Å². The van der Waals surface area contributed by atoms with Crippen LogP contribution in [0.1, 0.15) is 31.4 Å². The third-order valence-electron chi connectivity index (χ3n) is 4.01. The Bertz CT molecular complexity index is 430. The van der Waals surface area contributed by atoms with Crippen molar-refractivity contribution in [1.29, 1.82) is 0 Å². The van der Waals surface area contributed by atoms with Gasteiger partial charge in [-0.25, -0.2) is 0 Å². The lowest BCUT2D eigenvalue weighted by Gasteiger charge is -2.25. The van der Waals surface area contributed by atoms with Crippen LogP contribution in [0.4, 0.5) is 0 Å². The Hall–Kier alpha value is -1.26. The summed E-state index contributed by atoms with van der Waals surface area (Å²) >= 11 is 0. The third-order valence-corrected chi connectivity index (χ3v) is 4.01. The maximum Gasteiger partial charge on any atom is 0.231 e. The van der Waals surface area contributed by atoms with Crippen LogP contribution in [0.25, 0.3) is 0 Å². The van der Waals surface area contributed by atoms with Crippen molar-refractivity contribution in [1.82, 2.24) is 10.6 Å². The largest absolute Gasteiger partial charge is 0.454 e. The van der Waals surface area contributed by atoms with Crippen LogP contribution in [0.15, 0.2) is 18.2 Å². The molecule has 1 saturated heterocycles. The first kappa shape index (κ1) is 12.8. The van der Waals surface area contributed by atoms with Crippen LogP contribution in [0.2, 0.25) is 0 Å². The Balaban J connectivity index is 1.56. The molecule has 2 heterocycles. The van der Waals surface area contributed by atoms with Crippen molar-refractivity contribution < 1.29 is 9.47 Å². The lowest BCUT2D eigenvalue weighted by Crippen LogP contribution is -2.36. The molecule has 19 heavy (non-hydrogen) atoms. The molecular weight excluding hydrogens is 240 g/mol. The van der Waals surface area contributed by atoms with Crippen LogP contribution in [-0.4, -0.2) is 26.4 Å². The van der Waals surface area contributed by atoms with Gasteiger partial charge in [-0.1, -0.05) is 6.07 Å². The van der Waals surface area contributed by atoms with Crippen LogP contribution in [0.3, 0.4) is 0 Å². The van der Waals surface area contributed by atoms with Crippen molar-refractivity contribution in [3.05, 3.63) is 23.8 Å². The molecule has 4 nitrogen and oxygen atoms in total. The summed E-state index contributed by atoms with van der Waals surface area (Å²) in [5.74, 6) is 2.48. The number of ether oxygens (including phenoxy) is 2. The van der Waals surface area contributed by atoms with Crippen LogP contribution >= 0.6 is 0 Å². The van der Waals surface area contributed by atoms with E-state index in [9.17, 15) is 0 Å². The van der Waals surface area contributed by atoms with E-state index < -0.39 is 0 Å². The van der Waals surface area contributed by atoms with Gasteiger partial charge in [-0.05, 0) is 63.0 Å². The van der Waals surface area contributed by atoms with Gasteiger partial charge in [-0.3, -0.25) is 0 Å². The van der Waals surface area contributed by atoms with Crippen molar-refractivity contribution in [2.24, 2.45) is 5.92 Å². The summed E-state index contributed by atoms with van der Waals surface area (Å²) in [6.07, 6.45) is 2.62. The molecule has 0 radical (unpaired) electrons. The van der Waals surface area contributed by atoms with E-state index in [0.717, 1.165) is 30.5 Å². The molecular formula is C15H22N2O2. The lowest BCUT2D eigenvalue weighted by atomic mass is 9.99. The zero-order valence-corrected chi connectivity index (χ0v) is 11.4. The van der Waals surface area contributed by atoms with Gasteiger partial charge in [0.2, 0.25) is 6.79 Å². The average Bonchev–Trinajstić information content (AvgIpc) is 2.93. The zero-order valence-electron chi connectivity index (χ0n) is 11.4. The fourth-order valence-corrected chi connectivity index (χ4v) is 2.74. The van der Waals surface area contributed by atoms with Gasteiger partial charge in [-0.2, -0.15) is 0 Å². The van der Waals surface area contributed by atoms with E-state index in [2.05, 4.69) is 29.7 Å². The van der Waals surface area contributed by atoms with Crippen LogP contribution in [0, 0.1) is 5.92 Å². The Morgan fingerprint density at radius 2 is 2.26 bits per heavy atom. The van der Waals surface area contributed by atoms with E-state index >= 15 is 0 Å². The minimum absolute atomic E-state index is 0.342. The quantitative estimate of drug-likeness (QED) is 0.871. The number of hydrogen-bond donors (Lipinski definition) is 2. The summed E-state index contributed by atoms with van der Waals surface area (Å²) < 4.78 is 10.8. The fourth-order valence-electron chi connectivity index (χ4n) is 2.74. The number of fused-ring (bicyclic) bond motifs is 1. The maximum absolute atomic E-state index is 5.42. The number of hydrogen-bond acceptors (Lipinski definition) is 4. The summed E-state index contributed by atoms with van der Waals surface area (Å²) in [6, 6.07) is 6.54. The van der Waals surface area contributed by atoms with Crippen molar-refractivity contribution >= 4 is 0 Å². The molecule has 2 aliphatic rings. The van der Waals surface area contributed by atoms with Gasteiger partial charge in [0.25, 0.3) is 0 Å². The topological polar surface area (TPSA) is 42.5 Å². The first-order valence-corrected chi connectivity index (χ1v) is 7.16. The summed E-state index contributed by atoms with van der Waals surface area (Å²) in [5.41, 5.74) is 1.26. The van der Waals surface area contributed by atoms with Crippen molar-refractivity contribution in [2.45, 2.75) is 25.8 Å². The molecule has 2 atom stereocenters. The summed E-state index contributed by atoms with van der Waals surface area (Å²) in [4.78, 5) is 0. The van der Waals surface area contributed by atoms with E-state index in [1.165, 1.54) is 24.9 Å². The highest BCUT2D eigenvalue weighted by molar-refractivity contribution is 5.45. The Morgan fingerprint density at radius 1 is 1.37 bits per heavy atom. The van der Waals surface area contributed by atoms with E-state index in [1.54, 1.807) is 0 Å². The van der Waals surface area contributed by atoms with Crippen molar-refractivity contribution in [3.63, 3.8) is 0 Å². The smallest absolute Gasteiger partial charge is 0.231 e. The number of nitrogens with one attached hydrogen (secondary N) is 2. The lowest BCUT2D eigenvalue weighted by molar-refractivity contribution is 0.174. The summed E-state index contributed by atoms with van der Waals surface area (Å²) in [5, 5.41) is 7.08. The van der Waals surface area contributed by atoms with Crippen molar-refractivity contribution in [3.8, 4) is 11.5 Å². The van der Waals surface area contributed by atoms with Gasteiger partial charge in [0.15, 0.2) is 11.5 Å². The Morgan fingerprint density at radius 3 is 3.11 bits per heavy atom. The molecule has 2 N–H and O–H groups in total. The van der Waals surface area contributed by atoms with Gasteiger partial charge < -0.3 is 20.1 Å². The van der Waals surface area contributed by atoms with Gasteiger partial charge in [0.1, 0.15) is 0 Å². The SMILES string of the molecule is CC(NCC1CCCNC1)c1ccc2c(c1)OCO2.